The fourth-order valence-corrected chi connectivity index (χ4v) is 2.22. The molecule has 15 heavy (non-hydrogen) atoms. The molecule has 0 aromatic carbocycles. The number of rotatable bonds is 2. The first-order chi connectivity index (χ1) is 7.20. The van der Waals surface area contributed by atoms with Gasteiger partial charge in [0.15, 0.2) is 0 Å². The zero-order chi connectivity index (χ0) is 10.8. The summed E-state index contributed by atoms with van der Waals surface area (Å²) in [7, 11) is 1.70. The lowest BCUT2D eigenvalue weighted by molar-refractivity contribution is 0.0576. The molecule has 2 N–H and O–H groups in total. The van der Waals surface area contributed by atoms with Crippen molar-refractivity contribution in [2.45, 2.75) is 12.1 Å². The van der Waals surface area contributed by atoms with Gasteiger partial charge in [0.1, 0.15) is 5.69 Å². The Hall–Kier alpha value is -0.980. The second kappa shape index (κ2) is 4.26. The number of likely N-dealkylation sites (N-methyl/N-ethyl adjacent to an activating group) is 1. The number of carbonyl (C=O) groups excluding carboxylic acids is 1. The molecule has 2 atom stereocenters. The normalized spacial score (nSPS) is 25.5. The van der Waals surface area contributed by atoms with Gasteiger partial charge in [0.05, 0.1) is 17.7 Å². The maximum absolute atomic E-state index is 11.9. The molecule has 6 heteroatoms. The van der Waals surface area contributed by atoms with Crippen LogP contribution in [0.5, 0.6) is 0 Å². The number of nitrogens with zero attached hydrogens (tertiary/aromatic N) is 2. The molecule has 2 rings (SSSR count). The number of hydrogen-bond donors (Lipinski definition) is 2. The van der Waals surface area contributed by atoms with E-state index >= 15 is 0 Å². The van der Waals surface area contributed by atoms with E-state index in [0.29, 0.717) is 18.8 Å². The van der Waals surface area contributed by atoms with Crippen molar-refractivity contribution in [2.75, 3.05) is 20.1 Å². The van der Waals surface area contributed by atoms with E-state index in [-0.39, 0.29) is 11.9 Å². The molecule has 2 heterocycles. The standard InChI is InChI=1S/C9H13N3O2S/c1-12(7-2-10-3-8(7)13)9(14)6-4-15-5-11-6/h4-5,7-8,10,13H,2-3H2,1H3. The predicted octanol–water partition coefficient (Wildman–Crippen LogP) is -0.452. The molecule has 1 amide bonds. The fraction of sp³-hybridized carbons (Fsp3) is 0.556. The summed E-state index contributed by atoms with van der Waals surface area (Å²) in [4.78, 5) is 17.4. The molecular formula is C9H13N3O2S. The van der Waals surface area contributed by atoms with Crippen molar-refractivity contribution in [2.24, 2.45) is 0 Å². The lowest BCUT2D eigenvalue weighted by Gasteiger charge is -2.25. The van der Waals surface area contributed by atoms with Gasteiger partial charge >= 0.3 is 0 Å². The molecule has 0 bridgehead atoms. The summed E-state index contributed by atoms with van der Waals surface area (Å²) in [6.45, 7) is 1.17. The van der Waals surface area contributed by atoms with E-state index in [1.165, 1.54) is 11.3 Å². The maximum Gasteiger partial charge on any atom is 0.273 e. The average Bonchev–Trinajstić information content (AvgIpc) is 2.85. The number of aliphatic hydroxyl groups is 1. The van der Waals surface area contributed by atoms with Gasteiger partial charge in [0, 0.05) is 25.5 Å². The number of aromatic nitrogens is 1. The smallest absolute Gasteiger partial charge is 0.273 e. The zero-order valence-electron chi connectivity index (χ0n) is 8.38. The third-order valence-corrected chi connectivity index (χ3v) is 3.21. The molecule has 0 saturated carbocycles. The zero-order valence-corrected chi connectivity index (χ0v) is 9.20. The topological polar surface area (TPSA) is 65.5 Å². The first-order valence-corrected chi connectivity index (χ1v) is 5.68. The lowest BCUT2D eigenvalue weighted by atomic mass is 10.2. The highest BCUT2D eigenvalue weighted by atomic mass is 32.1. The summed E-state index contributed by atoms with van der Waals surface area (Å²) in [5.74, 6) is -0.135. The Balaban J connectivity index is 2.07. The molecular weight excluding hydrogens is 214 g/mol. The highest BCUT2D eigenvalue weighted by Crippen LogP contribution is 2.12. The molecule has 1 saturated heterocycles. The molecule has 2 unspecified atom stereocenters. The summed E-state index contributed by atoms with van der Waals surface area (Å²) >= 11 is 1.39. The largest absolute Gasteiger partial charge is 0.390 e. The molecule has 0 radical (unpaired) electrons. The molecule has 1 aromatic heterocycles. The van der Waals surface area contributed by atoms with Crippen LogP contribution < -0.4 is 5.32 Å². The molecule has 0 spiro atoms. The van der Waals surface area contributed by atoms with Crippen molar-refractivity contribution < 1.29 is 9.90 Å². The molecule has 1 fully saturated rings. The van der Waals surface area contributed by atoms with Gasteiger partial charge in [-0.15, -0.1) is 11.3 Å². The average molecular weight is 227 g/mol. The van der Waals surface area contributed by atoms with Crippen LogP contribution in [0.3, 0.4) is 0 Å². The van der Waals surface area contributed by atoms with E-state index in [4.69, 9.17) is 0 Å². The van der Waals surface area contributed by atoms with Gasteiger partial charge in [0.25, 0.3) is 5.91 Å². The fourth-order valence-electron chi connectivity index (χ4n) is 1.70. The van der Waals surface area contributed by atoms with Crippen LogP contribution in [0.2, 0.25) is 0 Å². The van der Waals surface area contributed by atoms with Gasteiger partial charge in [-0.2, -0.15) is 0 Å². The number of thiazole rings is 1. The van der Waals surface area contributed by atoms with Crippen molar-refractivity contribution in [1.82, 2.24) is 15.2 Å². The third-order valence-electron chi connectivity index (χ3n) is 2.62. The van der Waals surface area contributed by atoms with Crippen LogP contribution in [0, 0.1) is 0 Å². The maximum atomic E-state index is 11.9. The molecule has 1 aliphatic heterocycles. The minimum absolute atomic E-state index is 0.135. The number of aliphatic hydroxyl groups excluding tert-OH is 1. The molecule has 5 nitrogen and oxygen atoms in total. The van der Waals surface area contributed by atoms with Crippen LogP contribution in [0.1, 0.15) is 10.5 Å². The quantitative estimate of drug-likeness (QED) is 0.718. The van der Waals surface area contributed by atoms with Crippen LogP contribution in [-0.2, 0) is 0 Å². The second-order valence-corrected chi connectivity index (χ2v) is 4.30. The van der Waals surface area contributed by atoms with Crippen LogP contribution in [0.15, 0.2) is 10.9 Å². The first-order valence-electron chi connectivity index (χ1n) is 4.74. The summed E-state index contributed by atoms with van der Waals surface area (Å²) < 4.78 is 0. The first kappa shape index (κ1) is 10.5. The minimum atomic E-state index is -0.488. The van der Waals surface area contributed by atoms with Gasteiger partial charge in [-0.3, -0.25) is 4.79 Å². The Morgan fingerprint density at radius 2 is 2.53 bits per heavy atom. The summed E-state index contributed by atoms with van der Waals surface area (Å²) in [5, 5.41) is 14.4. The Morgan fingerprint density at radius 1 is 1.73 bits per heavy atom. The number of nitrogens with one attached hydrogen (secondary N) is 1. The van der Waals surface area contributed by atoms with Gasteiger partial charge in [-0.25, -0.2) is 4.98 Å². The van der Waals surface area contributed by atoms with Crippen molar-refractivity contribution in [3.8, 4) is 0 Å². The van der Waals surface area contributed by atoms with E-state index in [1.54, 1.807) is 22.8 Å². The van der Waals surface area contributed by atoms with Crippen LogP contribution in [-0.4, -0.2) is 53.2 Å². The van der Waals surface area contributed by atoms with Crippen LogP contribution >= 0.6 is 11.3 Å². The highest BCUT2D eigenvalue weighted by Gasteiger charge is 2.31. The van der Waals surface area contributed by atoms with Gasteiger partial charge in [0.2, 0.25) is 0 Å². The minimum Gasteiger partial charge on any atom is -0.390 e. The van der Waals surface area contributed by atoms with Crippen molar-refractivity contribution in [3.63, 3.8) is 0 Å². The highest BCUT2D eigenvalue weighted by molar-refractivity contribution is 7.07. The Labute approximate surface area is 91.7 Å². The van der Waals surface area contributed by atoms with Crippen LogP contribution in [0.4, 0.5) is 0 Å². The molecule has 82 valence electrons. The Bertz CT molecular complexity index is 341. The second-order valence-electron chi connectivity index (χ2n) is 3.58. The monoisotopic (exact) mass is 227 g/mol. The SMILES string of the molecule is CN(C(=O)c1cscn1)C1CNCC1O. The Morgan fingerprint density at radius 3 is 3.07 bits per heavy atom. The van der Waals surface area contributed by atoms with Crippen LogP contribution in [0.25, 0.3) is 0 Å². The number of hydrogen-bond acceptors (Lipinski definition) is 5. The predicted molar refractivity (Wildman–Crippen MR) is 56.9 cm³/mol. The number of β-amino-alcohol motifs (C(OH)–C–C–N with tert-alkyl or cyclic N) is 1. The summed E-state index contributed by atoms with van der Waals surface area (Å²) in [6.07, 6.45) is -0.488. The lowest BCUT2D eigenvalue weighted by Crippen LogP contribution is -2.44. The van der Waals surface area contributed by atoms with Crippen molar-refractivity contribution in [1.29, 1.82) is 0 Å². The molecule has 1 aliphatic rings. The van der Waals surface area contributed by atoms with Crippen molar-refractivity contribution >= 4 is 17.2 Å². The molecule has 0 aliphatic carbocycles. The van der Waals surface area contributed by atoms with E-state index in [1.807, 2.05) is 0 Å². The third kappa shape index (κ3) is 2.01. The summed E-state index contributed by atoms with van der Waals surface area (Å²) in [5.41, 5.74) is 2.08. The number of carbonyl (C=O) groups is 1. The molecule has 1 aromatic rings. The number of amides is 1. The summed E-state index contributed by atoms with van der Waals surface area (Å²) in [6, 6.07) is -0.154. The Kier molecular flexibility index (Phi) is 2.99. The van der Waals surface area contributed by atoms with E-state index in [2.05, 4.69) is 10.3 Å². The van der Waals surface area contributed by atoms with Gasteiger partial charge in [-0.1, -0.05) is 0 Å². The van der Waals surface area contributed by atoms with E-state index < -0.39 is 6.10 Å². The van der Waals surface area contributed by atoms with E-state index in [0.717, 1.165) is 0 Å². The van der Waals surface area contributed by atoms with Gasteiger partial charge < -0.3 is 15.3 Å². The van der Waals surface area contributed by atoms with E-state index in [9.17, 15) is 9.90 Å². The van der Waals surface area contributed by atoms with Crippen molar-refractivity contribution in [3.05, 3.63) is 16.6 Å². The van der Waals surface area contributed by atoms with Gasteiger partial charge in [-0.05, 0) is 0 Å².